The van der Waals surface area contributed by atoms with E-state index in [0.29, 0.717) is 23.7 Å². The van der Waals surface area contributed by atoms with Gasteiger partial charge in [-0.15, -0.1) is 21.5 Å². The Balaban J connectivity index is 1.67. The number of H-pyrrole nitrogens is 1. The van der Waals surface area contributed by atoms with E-state index in [9.17, 15) is 9.90 Å². The van der Waals surface area contributed by atoms with Crippen LogP contribution in [0.1, 0.15) is 27.9 Å². The van der Waals surface area contributed by atoms with Gasteiger partial charge in [0.15, 0.2) is 4.80 Å². The minimum absolute atomic E-state index is 0.203. The van der Waals surface area contributed by atoms with Crippen molar-refractivity contribution in [2.24, 2.45) is 0 Å². The highest BCUT2D eigenvalue weighted by atomic mass is 32.1. The Bertz CT molecular complexity index is 1210. The lowest BCUT2D eigenvalue weighted by atomic mass is 9.98. The molecule has 2 heterocycles. The van der Waals surface area contributed by atoms with Crippen molar-refractivity contribution in [1.29, 1.82) is 5.41 Å². The predicted molar refractivity (Wildman–Crippen MR) is 109 cm³/mol. The number of tetrazole rings is 1. The number of aromatic nitrogens is 5. The molecule has 9 heteroatoms. The molecule has 0 aliphatic carbocycles. The average Bonchev–Trinajstić information content (AvgIpc) is 3.37. The fourth-order valence-corrected chi connectivity index (χ4v) is 4.21. The van der Waals surface area contributed by atoms with Gasteiger partial charge >= 0.3 is 5.97 Å². The summed E-state index contributed by atoms with van der Waals surface area (Å²) in [5.41, 5.74) is 3.96. The van der Waals surface area contributed by atoms with E-state index < -0.39 is 5.97 Å². The van der Waals surface area contributed by atoms with E-state index >= 15 is 0 Å². The molecule has 0 atom stereocenters. The molecule has 0 spiro atoms. The fourth-order valence-electron chi connectivity index (χ4n) is 3.28. The number of thiazole rings is 1. The molecule has 2 aromatic heterocycles. The SMILES string of the molecule is CCc1sc(=N)n(Cc2ccc(-c3ccccc3-c3nn[nH]n3)cc2)c1C(=O)O. The lowest BCUT2D eigenvalue weighted by Crippen LogP contribution is -2.20. The Kier molecular flexibility index (Phi) is 5.05. The Morgan fingerprint density at radius 2 is 1.90 bits per heavy atom. The highest BCUT2D eigenvalue weighted by molar-refractivity contribution is 7.09. The zero-order valence-corrected chi connectivity index (χ0v) is 16.4. The molecule has 0 bridgehead atoms. The van der Waals surface area contributed by atoms with Gasteiger partial charge in [-0.05, 0) is 28.3 Å². The number of hydrogen-bond acceptors (Lipinski definition) is 6. The first-order valence-corrected chi connectivity index (χ1v) is 9.82. The largest absolute Gasteiger partial charge is 0.477 e. The number of aryl methyl sites for hydroxylation is 1. The number of nitrogens with zero attached hydrogens (tertiary/aromatic N) is 4. The van der Waals surface area contributed by atoms with Crippen LogP contribution in [0.2, 0.25) is 0 Å². The lowest BCUT2D eigenvalue weighted by molar-refractivity contribution is 0.0684. The standard InChI is InChI=1S/C20H18N6O2S/c1-2-16-17(19(27)28)26(20(21)29-16)11-12-7-9-13(10-8-12)14-5-3-4-6-15(14)18-22-24-25-23-18/h3-10,21H,2,11H2,1H3,(H,27,28)(H,22,23,24,25). The van der Waals surface area contributed by atoms with Gasteiger partial charge in [-0.2, -0.15) is 5.21 Å². The number of aromatic carboxylic acids is 1. The molecular weight excluding hydrogens is 388 g/mol. The molecule has 2 aromatic carbocycles. The number of benzene rings is 2. The molecule has 4 rings (SSSR count). The maximum Gasteiger partial charge on any atom is 0.353 e. The van der Waals surface area contributed by atoms with Crippen molar-refractivity contribution in [2.45, 2.75) is 19.9 Å². The van der Waals surface area contributed by atoms with Gasteiger partial charge < -0.3 is 9.67 Å². The summed E-state index contributed by atoms with van der Waals surface area (Å²) in [6.07, 6.45) is 0.594. The molecular formula is C20H18N6O2S. The van der Waals surface area contributed by atoms with Crippen LogP contribution in [0.4, 0.5) is 0 Å². The number of carboxylic acid groups (broad SMARTS) is 1. The molecule has 0 aliphatic heterocycles. The van der Waals surface area contributed by atoms with E-state index in [-0.39, 0.29) is 10.5 Å². The van der Waals surface area contributed by atoms with Gasteiger partial charge in [0.05, 0.1) is 6.54 Å². The number of carboxylic acids is 1. The van der Waals surface area contributed by atoms with Crippen LogP contribution in [-0.4, -0.2) is 36.3 Å². The van der Waals surface area contributed by atoms with Crippen molar-refractivity contribution in [3.8, 4) is 22.5 Å². The second-order valence-corrected chi connectivity index (χ2v) is 7.49. The van der Waals surface area contributed by atoms with Gasteiger partial charge in [0.25, 0.3) is 0 Å². The van der Waals surface area contributed by atoms with Crippen molar-refractivity contribution in [1.82, 2.24) is 25.2 Å². The third-order valence-electron chi connectivity index (χ3n) is 4.64. The molecule has 0 unspecified atom stereocenters. The second-order valence-electron chi connectivity index (χ2n) is 6.40. The minimum Gasteiger partial charge on any atom is -0.477 e. The van der Waals surface area contributed by atoms with Crippen molar-refractivity contribution < 1.29 is 9.90 Å². The lowest BCUT2D eigenvalue weighted by Gasteiger charge is -2.10. The van der Waals surface area contributed by atoms with Crippen LogP contribution in [-0.2, 0) is 13.0 Å². The van der Waals surface area contributed by atoms with Crippen LogP contribution in [0.25, 0.3) is 22.5 Å². The minimum atomic E-state index is -0.998. The summed E-state index contributed by atoms with van der Waals surface area (Å²) in [6, 6.07) is 15.7. The summed E-state index contributed by atoms with van der Waals surface area (Å²) in [5, 5.41) is 32.0. The van der Waals surface area contributed by atoms with Crippen molar-refractivity contribution in [3.05, 3.63) is 69.5 Å². The Morgan fingerprint density at radius 3 is 2.52 bits per heavy atom. The molecule has 4 aromatic rings. The molecule has 146 valence electrons. The normalized spacial score (nSPS) is 10.9. The summed E-state index contributed by atoms with van der Waals surface area (Å²) in [6.45, 7) is 2.24. The van der Waals surface area contributed by atoms with Crippen molar-refractivity contribution in [2.75, 3.05) is 0 Å². The highest BCUT2D eigenvalue weighted by Crippen LogP contribution is 2.29. The Morgan fingerprint density at radius 1 is 1.17 bits per heavy atom. The summed E-state index contributed by atoms with van der Waals surface area (Å²) >= 11 is 1.22. The van der Waals surface area contributed by atoms with Gasteiger partial charge in [0.1, 0.15) is 5.69 Å². The highest BCUT2D eigenvalue weighted by Gasteiger charge is 2.18. The van der Waals surface area contributed by atoms with Crippen molar-refractivity contribution in [3.63, 3.8) is 0 Å². The van der Waals surface area contributed by atoms with Crippen LogP contribution in [0.3, 0.4) is 0 Å². The van der Waals surface area contributed by atoms with Crippen LogP contribution in [0.15, 0.2) is 48.5 Å². The molecule has 29 heavy (non-hydrogen) atoms. The van der Waals surface area contributed by atoms with E-state index in [1.54, 1.807) is 4.57 Å². The van der Waals surface area contributed by atoms with Gasteiger partial charge in [-0.3, -0.25) is 5.41 Å². The quantitative estimate of drug-likeness (QED) is 0.454. The van der Waals surface area contributed by atoms with Gasteiger partial charge in [-0.1, -0.05) is 55.5 Å². The molecule has 0 saturated heterocycles. The average molecular weight is 406 g/mol. The summed E-state index contributed by atoms with van der Waals surface area (Å²) in [5.74, 6) is -0.474. The molecule has 0 aliphatic rings. The first-order valence-electron chi connectivity index (χ1n) is 9.01. The summed E-state index contributed by atoms with van der Waals surface area (Å²) < 4.78 is 1.55. The summed E-state index contributed by atoms with van der Waals surface area (Å²) in [4.78, 5) is 12.6. The van der Waals surface area contributed by atoms with Crippen LogP contribution >= 0.6 is 11.3 Å². The number of carbonyl (C=O) groups is 1. The van der Waals surface area contributed by atoms with E-state index in [1.165, 1.54) is 11.3 Å². The Hall–Kier alpha value is -3.59. The first kappa shape index (κ1) is 18.8. The first-order chi connectivity index (χ1) is 14.1. The third kappa shape index (κ3) is 3.59. The molecule has 3 N–H and O–H groups in total. The van der Waals surface area contributed by atoms with Crippen LogP contribution < -0.4 is 4.80 Å². The zero-order valence-electron chi connectivity index (χ0n) is 15.6. The van der Waals surface area contributed by atoms with E-state index in [1.807, 2.05) is 55.5 Å². The van der Waals surface area contributed by atoms with E-state index in [0.717, 1.165) is 22.3 Å². The van der Waals surface area contributed by atoms with Gasteiger partial charge in [0.2, 0.25) is 5.82 Å². The number of hydrogen-bond donors (Lipinski definition) is 3. The second kappa shape index (κ2) is 7.80. The molecule has 8 nitrogen and oxygen atoms in total. The topological polar surface area (TPSA) is 121 Å². The number of rotatable bonds is 6. The molecule has 0 saturated carbocycles. The zero-order chi connectivity index (χ0) is 20.4. The maximum absolute atomic E-state index is 11.7. The van der Waals surface area contributed by atoms with E-state index in [4.69, 9.17) is 5.41 Å². The Labute approximate surface area is 170 Å². The smallest absolute Gasteiger partial charge is 0.353 e. The number of nitrogens with one attached hydrogen (secondary N) is 2. The molecule has 0 radical (unpaired) electrons. The molecule has 0 amide bonds. The monoisotopic (exact) mass is 406 g/mol. The van der Waals surface area contributed by atoms with Gasteiger partial charge in [-0.25, -0.2) is 4.79 Å². The van der Waals surface area contributed by atoms with Crippen molar-refractivity contribution >= 4 is 17.3 Å². The van der Waals surface area contributed by atoms with Crippen LogP contribution in [0, 0.1) is 5.41 Å². The maximum atomic E-state index is 11.7. The van der Waals surface area contributed by atoms with Gasteiger partial charge in [0, 0.05) is 10.4 Å². The molecule has 0 fully saturated rings. The fraction of sp³-hybridized carbons (Fsp3) is 0.150. The number of aromatic amines is 1. The summed E-state index contributed by atoms with van der Waals surface area (Å²) in [7, 11) is 0. The predicted octanol–water partition coefficient (Wildman–Crippen LogP) is 3.19. The third-order valence-corrected chi connectivity index (χ3v) is 5.78. The van der Waals surface area contributed by atoms with Crippen LogP contribution in [0.5, 0.6) is 0 Å². The van der Waals surface area contributed by atoms with E-state index in [2.05, 4.69) is 20.6 Å².